The second-order valence-electron chi connectivity index (χ2n) is 5.45. The van der Waals surface area contributed by atoms with Crippen molar-refractivity contribution >= 4 is 15.9 Å². The number of benzene rings is 1. The van der Waals surface area contributed by atoms with Gasteiger partial charge in [0, 0.05) is 17.1 Å². The van der Waals surface area contributed by atoms with Crippen LogP contribution in [0, 0.1) is 11.7 Å². The van der Waals surface area contributed by atoms with Gasteiger partial charge in [0.05, 0.1) is 6.10 Å². The van der Waals surface area contributed by atoms with Crippen LogP contribution in [-0.4, -0.2) is 18.8 Å². The normalized spacial score (nSPS) is 23.4. The lowest BCUT2D eigenvalue weighted by Crippen LogP contribution is -2.42. The third-order valence-electron chi connectivity index (χ3n) is 3.92. The van der Waals surface area contributed by atoms with Crippen LogP contribution >= 0.6 is 15.9 Å². The highest BCUT2D eigenvalue weighted by Gasteiger charge is 2.31. The standard InChI is InChI=1S/C15H22BrFN2O/c1-2-20-14-6-10(7-14)5-13(19-18)9-11-8-12(17)3-4-15(11)16/h3-4,8,10,13-14,19H,2,5-7,9,18H2,1H3. The maximum absolute atomic E-state index is 13.3. The van der Waals surface area contributed by atoms with Gasteiger partial charge in [-0.3, -0.25) is 11.3 Å². The maximum atomic E-state index is 13.3. The first kappa shape index (κ1) is 15.9. The fraction of sp³-hybridized carbons (Fsp3) is 0.600. The van der Waals surface area contributed by atoms with Gasteiger partial charge in [-0.25, -0.2) is 4.39 Å². The summed E-state index contributed by atoms with van der Waals surface area (Å²) < 4.78 is 19.8. The second-order valence-corrected chi connectivity index (χ2v) is 6.31. The molecule has 3 nitrogen and oxygen atoms in total. The Bertz CT molecular complexity index is 438. The van der Waals surface area contributed by atoms with Gasteiger partial charge in [0.15, 0.2) is 0 Å². The minimum absolute atomic E-state index is 0.167. The van der Waals surface area contributed by atoms with E-state index in [2.05, 4.69) is 21.4 Å². The molecule has 0 spiro atoms. The number of rotatable bonds is 7. The van der Waals surface area contributed by atoms with Crippen LogP contribution in [0.15, 0.2) is 22.7 Å². The fourth-order valence-electron chi connectivity index (χ4n) is 2.82. The van der Waals surface area contributed by atoms with E-state index in [-0.39, 0.29) is 11.9 Å². The average Bonchev–Trinajstić information content (AvgIpc) is 2.39. The first-order chi connectivity index (χ1) is 9.62. The molecule has 1 unspecified atom stereocenters. The van der Waals surface area contributed by atoms with Crippen LogP contribution in [0.5, 0.6) is 0 Å². The molecule has 1 aromatic rings. The van der Waals surface area contributed by atoms with Crippen LogP contribution in [0.2, 0.25) is 0 Å². The minimum Gasteiger partial charge on any atom is -0.378 e. The highest BCUT2D eigenvalue weighted by molar-refractivity contribution is 9.10. The van der Waals surface area contributed by atoms with Crippen molar-refractivity contribution in [3.05, 3.63) is 34.1 Å². The lowest BCUT2D eigenvalue weighted by Gasteiger charge is -2.37. The summed E-state index contributed by atoms with van der Waals surface area (Å²) in [6.07, 6.45) is 4.37. The third-order valence-corrected chi connectivity index (χ3v) is 4.70. The van der Waals surface area contributed by atoms with Gasteiger partial charge in [-0.05, 0) is 62.3 Å². The summed E-state index contributed by atoms with van der Waals surface area (Å²) in [5, 5.41) is 0. The van der Waals surface area contributed by atoms with E-state index < -0.39 is 0 Å². The van der Waals surface area contributed by atoms with Crippen molar-refractivity contribution in [2.75, 3.05) is 6.61 Å². The van der Waals surface area contributed by atoms with Crippen LogP contribution in [-0.2, 0) is 11.2 Å². The largest absolute Gasteiger partial charge is 0.378 e. The van der Waals surface area contributed by atoms with Gasteiger partial charge in [-0.1, -0.05) is 15.9 Å². The van der Waals surface area contributed by atoms with Gasteiger partial charge in [-0.15, -0.1) is 0 Å². The van der Waals surface area contributed by atoms with Crippen LogP contribution in [0.3, 0.4) is 0 Å². The van der Waals surface area contributed by atoms with E-state index >= 15 is 0 Å². The minimum atomic E-state index is -0.209. The molecule has 5 heteroatoms. The number of nitrogens with two attached hydrogens (primary N) is 1. The summed E-state index contributed by atoms with van der Waals surface area (Å²) in [7, 11) is 0. The third kappa shape index (κ3) is 4.25. The molecule has 1 aromatic carbocycles. The summed E-state index contributed by atoms with van der Waals surface area (Å²) in [6, 6.07) is 4.93. The van der Waals surface area contributed by atoms with Gasteiger partial charge >= 0.3 is 0 Å². The summed E-state index contributed by atoms with van der Waals surface area (Å²) in [5.41, 5.74) is 3.81. The zero-order chi connectivity index (χ0) is 14.5. The van der Waals surface area contributed by atoms with Gasteiger partial charge in [0.1, 0.15) is 5.82 Å². The summed E-state index contributed by atoms with van der Waals surface area (Å²) in [4.78, 5) is 0. The predicted molar refractivity (Wildman–Crippen MR) is 81.7 cm³/mol. The first-order valence-electron chi connectivity index (χ1n) is 7.14. The van der Waals surface area contributed by atoms with Crippen LogP contribution < -0.4 is 11.3 Å². The van der Waals surface area contributed by atoms with Gasteiger partial charge < -0.3 is 4.74 Å². The molecular formula is C15H22BrFN2O. The Morgan fingerprint density at radius 2 is 2.25 bits per heavy atom. The molecule has 0 heterocycles. The molecule has 0 aliphatic heterocycles. The highest BCUT2D eigenvalue weighted by Crippen LogP contribution is 2.34. The Balaban J connectivity index is 1.85. The number of halogens is 2. The Hall–Kier alpha value is -0.490. The molecule has 0 radical (unpaired) electrons. The molecule has 0 amide bonds. The van der Waals surface area contributed by atoms with Crippen molar-refractivity contribution in [2.45, 2.75) is 44.8 Å². The van der Waals surface area contributed by atoms with Gasteiger partial charge in [0.2, 0.25) is 0 Å². The molecule has 0 saturated heterocycles. The number of ether oxygens (including phenoxy) is 1. The Labute approximate surface area is 128 Å². The number of nitrogens with one attached hydrogen (secondary N) is 1. The Kier molecular flexibility index (Phi) is 5.96. The molecule has 1 saturated carbocycles. The van der Waals surface area contributed by atoms with Crippen molar-refractivity contribution < 1.29 is 9.13 Å². The van der Waals surface area contributed by atoms with Crippen molar-refractivity contribution in [1.82, 2.24) is 5.43 Å². The van der Waals surface area contributed by atoms with Crippen LogP contribution in [0.1, 0.15) is 31.7 Å². The molecule has 1 aliphatic carbocycles. The highest BCUT2D eigenvalue weighted by atomic mass is 79.9. The van der Waals surface area contributed by atoms with Crippen molar-refractivity contribution in [3.63, 3.8) is 0 Å². The monoisotopic (exact) mass is 344 g/mol. The lowest BCUT2D eigenvalue weighted by atomic mass is 9.77. The molecule has 1 atom stereocenters. The fourth-order valence-corrected chi connectivity index (χ4v) is 3.23. The zero-order valence-electron chi connectivity index (χ0n) is 11.7. The molecule has 3 N–H and O–H groups in total. The van der Waals surface area contributed by atoms with Crippen LogP contribution in [0.4, 0.5) is 4.39 Å². The topological polar surface area (TPSA) is 47.3 Å². The molecule has 20 heavy (non-hydrogen) atoms. The molecule has 0 bridgehead atoms. The summed E-state index contributed by atoms with van der Waals surface area (Å²) >= 11 is 3.46. The van der Waals surface area contributed by atoms with E-state index in [0.717, 1.165) is 42.3 Å². The lowest BCUT2D eigenvalue weighted by molar-refractivity contribution is -0.0290. The van der Waals surface area contributed by atoms with Crippen molar-refractivity contribution in [3.8, 4) is 0 Å². The molecule has 2 rings (SSSR count). The van der Waals surface area contributed by atoms with E-state index in [9.17, 15) is 4.39 Å². The molecule has 1 aliphatic rings. The molecule has 0 aromatic heterocycles. The predicted octanol–water partition coefficient (Wildman–Crippen LogP) is 3.17. The number of hydrogen-bond donors (Lipinski definition) is 2. The second kappa shape index (κ2) is 7.50. The summed E-state index contributed by atoms with van der Waals surface area (Å²) in [6.45, 7) is 2.81. The van der Waals surface area contributed by atoms with E-state index in [1.807, 2.05) is 6.92 Å². The van der Waals surface area contributed by atoms with Crippen LogP contribution in [0.25, 0.3) is 0 Å². The molecule has 112 valence electrons. The Morgan fingerprint density at radius 1 is 1.50 bits per heavy atom. The summed E-state index contributed by atoms with van der Waals surface area (Å²) in [5.74, 6) is 6.08. The number of hydrogen-bond acceptors (Lipinski definition) is 3. The Morgan fingerprint density at radius 3 is 2.90 bits per heavy atom. The molecular weight excluding hydrogens is 323 g/mol. The smallest absolute Gasteiger partial charge is 0.123 e. The maximum Gasteiger partial charge on any atom is 0.123 e. The van der Waals surface area contributed by atoms with E-state index in [1.165, 1.54) is 6.07 Å². The van der Waals surface area contributed by atoms with E-state index in [1.54, 1.807) is 12.1 Å². The quantitative estimate of drug-likeness (QED) is 0.590. The van der Waals surface area contributed by atoms with Gasteiger partial charge in [-0.2, -0.15) is 0 Å². The van der Waals surface area contributed by atoms with E-state index in [4.69, 9.17) is 10.6 Å². The van der Waals surface area contributed by atoms with Gasteiger partial charge in [0.25, 0.3) is 0 Å². The van der Waals surface area contributed by atoms with E-state index in [0.29, 0.717) is 12.0 Å². The SMILES string of the molecule is CCOC1CC(CC(Cc2cc(F)ccc2Br)NN)C1. The first-order valence-corrected chi connectivity index (χ1v) is 7.93. The number of hydrazine groups is 1. The average molecular weight is 345 g/mol. The zero-order valence-corrected chi connectivity index (χ0v) is 13.3. The molecule has 1 fully saturated rings. The van der Waals surface area contributed by atoms with Crippen molar-refractivity contribution in [2.24, 2.45) is 11.8 Å². The van der Waals surface area contributed by atoms with Crippen molar-refractivity contribution in [1.29, 1.82) is 0 Å².